The van der Waals surface area contributed by atoms with Crippen LogP contribution in [0, 0.1) is 17.8 Å². The SMILES string of the molecule is Cn1c(SCCC(O)OC(=O)C(F)(F)F)nnc1C12CC3CC(CC(C3)C1)C2. The first-order chi connectivity index (χ1) is 13.2. The number of hydrogen-bond acceptors (Lipinski definition) is 6. The molecule has 1 N–H and O–H groups in total. The maximum absolute atomic E-state index is 12.1. The average Bonchev–Trinajstić information content (AvgIpc) is 2.94. The molecule has 28 heavy (non-hydrogen) atoms. The maximum Gasteiger partial charge on any atom is 0.491 e. The van der Waals surface area contributed by atoms with Gasteiger partial charge in [-0.1, -0.05) is 11.8 Å². The van der Waals surface area contributed by atoms with Crippen molar-refractivity contribution in [3.8, 4) is 0 Å². The van der Waals surface area contributed by atoms with Crippen LogP contribution in [0.4, 0.5) is 13.2 Å². The van der Waals surface area contributed by atoms with Gasteiger partial charge in [-0.2, -0.15) is 13.2 Å². The number of alkyl halides is 3. The molecule has 5 rings (SSSR count). The highest BCUT2D eigenvalue weighted by atomic mass is 32.2. The number of hydrogen-bond donors (Lipinski definition) is 1. The van der Waals surface area contributed by atoms with E-state index in [0.717, 1.165) is 23.6 Å². The summed E-state index contributed by atoms with van der Waals surface area (Å²) in [4.78, 5) is 10.7. The molecule has 1 atom stereocenters. The van der Waals surface area contributed by atoms with Gasteiger partial charge in [0.2, 0.25) is 6.29 Å². The Morgan fingerprint density at radius 2 is 1.82 bits per heavy atom. The zero-order valence-electron chi connectivity index (χ0n) is 15.6. The second kappa shape index (κ2) is 7.19. The molecule has 0 amide bonds. The minimum Gasteiger partial charge on any atom is -0.429 e. The van der Waals surface area contributed by atoms with E-state index in [1.165, 1.54) is 50.3 Å². The molecule has 4 fully saturated rings. The molecule has 156 valence electrons. The number of aliphatic hydroxyl groups is 1. The van der Waals surface area contributed by atoms with E-state index in [1.807, 2.05) is 11.6 Å². The third-order valence-corrected chi connectivity index (χ3v) is 7.47. The number of aliphatic hydroxyl groups excluding tert-OH is 1. The van der Waals surface area contributed by atoms with Crippen molar-refractivity contribution in [1.82, 2.24) is 14.8 Å². The third kappa shape index (κ3) is 3.77. The lowest BCUT2D eigenvalue weighted by Gasteiger charge is -2.56. The van der Waals surface area contributed by atoms with E-state index in [4.69, 9.17) is 0 Å². The molecule has 0 aromatic carbocycles. The molecule has 0 spiro atoms. The molecule has 4 aliphatic rings. The minimum absolute atomic E-state index is 0.108. The fourth-order valence-electron chi connectivity index (χ4n) is 5.79. The summed E-state index contributed by atoms with van der Waals surface area (Å²) in [7, 11) is 1.93. The van der Waals surface area contributed by atoms with Gasteiger partial charge in [0, 0.05) is 24.6 Å². The van der Waals surface area contributed by atoms with E-state index >= 15 is 0 Å². The second-order valence-electron chi connectivity index (χ2n) is 8.56. The van der Waals surface area contributed by atoms with Crippen LogP contribution in [0.1, 0.15) is 50.8 Å². The number of thioether (sulfide) groups is 1. The monoisotopic (exact) mass is 419 g/mol. The molecule has 1 unspecified atom stereocenters. The first-order valence-corrected chi connectivity index (χ1v) is 10.6. The first-order valence-electron chi connectivity index (χ1n) is 9.65. The summed E-state index contributed by atoms with van der Waals surface area (Å²) in [6, 6.07) is 0. The molecule has 1 heterocycles. The number of ether oxygens (including phenoxy) is 1. The van der Waals surface area contributed by atoms with Crippen LogP contribution >= 0.6 is 11.8 Å². The van der Waals surface area contributed by atoms with Gasteiger partial charge in [0.05, 0.1) is 0 Å². The van der Waals surface area contributed by atoms with Gasteiger partial charge in [0.15, 0.2) is 5.16 Å². The van der Waals surface area contributed by atoms with E-state index in [-0.39, 0.29) is 17.6 Å². The molecule has 4 saturated carbocycles. The topological polar surface area (TPSA) is 77.2 Å². The smallest absolute Gasteiger partial charge is 0.429 e. The minimum atomic E-state index is -5.11. The van der Waals surface area contributed by atoms with Crippen LogP contribution in [0.2, 0.25) is 0 Å². The van der Waals surface area contributed by atoms with Crippen molar-refractivity contribution in [3.63, 3.8) is 0 Å². The van der Waals surface area contributed by atoms with Crippen molar-refractivity contribution in [2.45, 2.75) is 68.0 Å². The predicted molar refractivity (Wildman–Crippen MR) is 94.3 cm³/mol. The normalized spacial score (nSPS) is 32.5. The summed E-state index contributed by atoms with van der Waals surface area (Å²) in [5.74, 6) is 1.26. The lowest BCUT2D eigenvalue weighted by atomic mass is 9.49. The second-order valence-corrected chi connectivity index (χ2v) is 9.62. The van der Waals surface area contributed by atoms with Gasteiger partial charge in [-0.3, -0.25) is 0 Å². The molecule has 10 heteroatoms. The highest BCUT2D eigenvalue weighted by molar-refractivity contribution is 7.99. The van der Waals surface area contributed by atoms with Crippen molar-refractivity contribution in [3.05, 3.63) is 5.82 Å². The Morgan fingerprint density at radius 1 is 1.25 bits per heavy atom. The summed E-state index contributed by atoms with van der Waals surface area (Å²) in [6.07, 6.45) is 0.507. The zero-order chi connectivity index (χ0) is 20.1. The molecule has 4 bridgehead atoms. The van der Waals surface area contributed by atoms with Gasteiger partial charge >= 0.3 is 12.1 Å². The summed E-state index contributed by atoms with van der Waals surface area (Å²) < 4.78 is 42.4. The van der Waals surface area contributed by atoms with E-state index in [0.29, 0.717) is 5.16 Å². The Balaban J connectivity index is 1.35. The van der Waals surface area contributed by atoms with Crippen LogP contribution in [0.5, 0.6) is 0 Å². The molecule has 1 aromatic rings. The van der Waals surface area contributed by atoms with Crippen LogP contribution in [0.15, 0.2) is 5.16 Å². The van der Waals surface area contributed by atoms with Crippen LogP contribution in [0.3, 0.4) is 0 Å². The lowest BCUT2D eigenvalue weighted by molar-refractivity contribution is -0.219. The third-order valence-electron chi connectivity index (χ3n) is 6.42. The highest BCUT2D eigenvalue weighted by Crippen LogP contribution is 2.60. The molecule has 6 nitrogen and oxygen atoms in total. The van der Waals surface area contributed by atoms with Gasteiger partial charge < -0.3 is 14.4 Å². The number of carbonyl (C=O) groups is 1. The quantitative estimate of drug-likeness (QED) is 0.434. The van der Waals surface area contributed by atoms with E-state index in [2.05, 4.69) is 14.9 Å². The molecule has 1 aromatic heterocycles. The Kier molecular flexibility index (Phi) is 5.14. The van der Waals surface area contributed by atoms with Gasteiger partial charge in [0.25, 0.3) is 0 Å². The molecule has 0 saturated heterocycles. The van der Waals surface area contributed by atoms with Crippen molar-refractivity contribution in [1.29, 1.82) is 0 Å². The molecular formula is C18H24F3N3O3S. The first kappa shape index (κ1) is 20.0. The maximum atomic E-state index is 12.1. The molecule has 0 aliphatic heterocycles. The summed E-state index contributed by atoms with van der Waals surface area (Å²) in [6.45, 7) is 0. The highest BCUT2D eigenvalue weighted by Gasteiger charge is 2.53. The van der Waals surface area contributed by atoms with Gasteiger partial charge in [-0.15, -0.1) is 10.2 Å². The van der Waals surface area contributed by atoms with Gasteiger partial charge in [-0.05, 0) is 56.3 Å². The Morgan fingerprint density at radius 3 is 2.36 bits per heavy atom. The van der Waals surface area contributed by atoms with Crippen molar-refractivity contribution >= 4 is 17.7 Å². The number of halogens is 3. The summed E-state index contributed by atoms with van der Waals surface area (Å²) in [5, 5.41) is 18.9. The summed E-state index contributed by atoms with van der Waals surface area (Å²) in [5.41, 5.74) is 0.108. The van der Waals surface area contributed by atoms with Crippen LogP contribution in [-0.4, -0.2) is 44.1 Å². The zero-order valence-corrected chi connectivity index (χ0v) is 16.4. The van der Waals surface area contributed by atoms with Gasteiger partial charge in [0.1, 0.15) is 5.82 Å². The lowest BCUT2D eigenvalue weighted by Crippen LogP contribution is -2.49. The molecule has 4 aliphatic carbocycles. The number of carbonyl (C=O) groups excluding carboxylic acids is 1. The number of nitrogens with zero attached hydrogens (tertiary/aromatic N) is 3. The van der Waals surface area contributed by atoms with Crippen LogP contribution in [0.25, 0.3) is 0 Å². The Hall–Kier alpha value is -1.29. The van der Waals surface area contributed by atoms with Gasteiger partial charge in [-0.25, -0.2) is 4.79 Å². The Labute approximate surface area is 165 Å². The summed E-state index contributed by atoms with van der Waals surface area (Å²) >= 11 is 1.29. The standard InChI is InChI=1S/C18H24F3N3O3S/c1-24-14(17-7-10-4-11(8-17)6-12(5-10)9-17)22-23-16(24)28-3-2-13(25)27-15(26)18(19,20)21/h10-13,25H,2-9H2,1H3. The number of aromatic nitrogens is 3. The Bertz CT molecular complexity index is 717. The molecular weight excluding hydrogens is 395 g/mol. The van der Waals surface area contributed by atoms with E-state index in [1.54, 1.807) is 0 Å². The predicted octanol–water partition coefficient (Wildman–Crippen LogP) is 3.19. The fraction of sp³-hybridized carbons (Fsp3) is 0.833. The van der Waals surface area contributed by atoms with Crippen molar-refractivity contribution in [2.75, 3.05) is 5.75 Å². The number of rotatable bonds is 6. The molecule has 0 radical (unpaired) electrons. The fourth-order valence-corrected chi connectivity index (χ4v) is 6.67. The van der Waals surface area contributed by atoms with Crippen molar-refractivity contribution in [2.24, 2.45) is 24.8 Å². The largest absolute Gasteiger partial charge is 0.491 e. The van der Waals surface area contributed by atoms with Crippen molar-refractivity contribution < 1.29 is 27.8 Å². The van der Waals surface area contributed by atoms with E-state index in [9.17, 15) is 23.1 Å². The van der Waals surface area contributed by atoms with E-state index < -0.39 is 18.4 Å². The van der Waals surface area contributed by atoms with Crippen LogP contribution in [-0.2, 0) is 22.0 Å². The number of esters is 1. The van der Waals surface area contributed by atoms with Crippen LogP contribution < -0.4 is 0 Å². The average molecular weight is 419 g/mol.